The van der Waals surface area contributed by atoms with Crippen LogP contribution in [0, 0.1) is 0 Å². The zero-order valence-corrected chi connectivity index (χ0v) is 18.6. The summed E-state index contributed by atoms with van der Waals surface area (Å²) in [6.07, 6.45) is 8.38. The van der Waals surface area contributed by atoms with Crippen molar-refractivity contribution in [1.29, 1.82) is 0 Å². The molecule has 0 fully saturated rings. The Hall–Kier alpha value is -1.81. The smallest absolute Gasteiger partial charge is 0.316 e. The molecule has 1 unspecified atom stereocenters. The quantitative estimate of drug-likeness (QED) is 0.589. The number of carbonyl (C=O) groups excluding carboxylic acids is 1. The van der Waals surface area contributed by atoms with Crippen molar-refractivity contribution < 1.29 is 14.1 Å². The highest BCUT2D eigenvalue weighted by Crippen LogP contribution is 2.38. The molecule has 1 heterocycles. The van der Waals surface area contributed by atoms with Crippen LogP contribution in [0.3, 0.4) is 0 Å². The predicted molar refractivity (Wildman–Crippen MR) is 117 cm³/mol. The molecule has 7 nitrogen and oxygen atoms in total. The summed E-state index contributed by atoms with van der Waals surface area (Å²) in [6.45, 7) is 3.30. The number of hydrogen-bond acceptors (Lipinski definition) is 5. The molecule has 0 radical (unpaired) electrons. The van der Waals surface area contributed by atoms with Gasteiger partial charge >= 0.3 is 6.03 Å². The lowest BCUT2D eigenvalue weighted by Gasteiger charge is -2.14. The van der Waals surface area contributed by atoms with Gasteiger partial charge in [-0.25, -0.2) is 18.7 Å². The van der Waals surface area contributed by atoms with Crippen LogP contribution < -0.4 is 15.8 Å². The molecule has 0 aliphatic heterocycles. The summed E-state index contributed by atoms with van der Waals surface area (Å²) in [6, 6.07) is 1.91. The van der Waals surface area contributed by atoms with Crippen LogP contribution in [0.25, 0.3) is 0 Å². The number of aryl methyl sites for hydroxylation is 2. The van der Waals surface area contributed by atoms with E-state index in [-0.39, 0.29) is 0 Å². The van der Waals surface area contributed by atoms with Crippen LogP contribution in [0.15, 0.2) is 16.5 Å². The maximum atomic E-state index is 11.2. The Bertz CT molecular complexity index is 902. The molecule has 4 rings (SSSR count). The molecule has 5 N–H and O–H groups in total. The molecule has 9 heteroatoms. The van der Waals surface area contributed by atoms with Crippen LogP contribution >= 0.6 is 11.3 Å². The van der Waals surface area contributed by atoms with Gasteiger partial charge in [-0.15, -0.1) is 11.3 Å². The number of rotatable bonds is 4. The third kappa shape index (κ3) is 5.03. The van der Waals surface area contributed by atoms with E-state index in [2.05, 4.69) is 21.1 Å². The lowest BCUT2D eigenvalue weighted by Crippen LogP contribution is -2.21. The summed E-state index contributed by atoms with van der Waals surface area (Å²) in [5, 5.41) is 13.0. The number of aliphatic hydroxyl groups is 1. The number of amides is 2. The van der Waals surface area contributed by atoms with Crippen molar-refractivity contribution in [3.05, 3.63) is 39.5 Å². The molecule has 2 aliphatic rings. The van der Waals surface area contributed by atoms with Crippen LogP contribution in [0.2, 0.25) is 0 Å². The van der Waals surface area contributed by atoms with Crippen LogP contribution in [0.1, 0.15) is 54.0 Å². The number of nitrogens with one attached hydrogen (secondary N) is 2. The number of fused-ring (bicyclic) bond motifs is 2. The predicted octanol–water partition coefficient (Wildman–Crippen LogP) is 2.77. The van der Waals surface area contributed by atoms with E-state index in [1.54, 1.807) is 20.9 Å². The number of benzene rings is 1. The van der Waals surface area contributed by atoms with Gasteiger partial charge in [-0.3, -0.25) is 0 Å². The summed E-state index contributed by atoms with van der Waals surface area (Å²) in [7, 11) is 0.401. The number of nitrogens with zero attached hydrogens (tertiary/aromatic N) is 1. The average Bonchev–Trinajstić information content (AvgIpc) is 3.39. The minimum absolute atomic E-state index is 0.436. The van der Waals surface area contributed by atoms with Crippen molar-refractivity contribution in [2.45, 2.75) is 62.2 Å². The van der Waals surface area contributed by atoms with E-state index >= 15 is 0 Å². The van der Waals surface area contributed by atoms with Gasteiger partial charge in [-0.05, 0) is 81.7 Å². The fourth-order valence-corrected chi connectivity index (χ4v) is 5.61. The van der Waals surface area contributed by atoms with Crippen LogP contribution in [0.5, 0.6) is 0 Å². The Labute approximate surface area is 177 Å². The summed E-state index contributed by atoms with van der Waals surface area (Å²) in [5.41, 5.74) is 10.8. The van der Waals surface area contributed by atoms with E-state index in [1.165, 1.54) is 52.6 Å². The SMILES string of the molecule is CNS(=O)c1cnc(C(C)(C)O)s1.NC(=O)Nc1c2c(cc3c1CCC3)CCC2. The minimum Gasteiger partial charge on any atom is -0.383 e. The van der Waals surface area contributed by atoms with Crippen molar-refractivity contribution in [3.8, 4) is 0 Å². The first-order valence-corrected chi connectivity index (χ1v) is 11.7. The van der Waals surface area contributed by atoms with Gasteiger partial charge in [0.1, 0.15) is 25.8 Å². The van der Waals surface area contributed by atoms with Crippen LogP contribution in [-0.2, 0) is 42.3 Å². The van der Waals surface area contributed by atoms with Gasteiger partial charge < -0.3 is 16.2 Å². The van der Waals surface area contributed by atoms with Crippen molar-refractivity contribution in [2.24, 2.45) is 5.73 Å². The second-order valence-electron chi connectivity index (χ2n) is 7.74. The molecule has 158 valence electrons. The molecule has 2 amide bonds. The Kier molecular flexibility index (Phi) is 6.72. The molecule has 1 aromatic heterocycles. The van der Waals surface area contributed by atoms with Crippen molar-refractivity contribution in [1.82, 2.24) is 9.71 Å². The number of primary amides is 1. The first-order valence-electron chi connectivity index (χ1n) is 9.71. The first kappa shape index (κ1) is 21.9. The molecule has 29 heavy (non-hydrogen) atoms. The van der Waals surface area contributed by atoms with Crippen LogP contribution in [0.4, 0.5) is 10.5 Å². The number of urea groups is 1. The Morgan fingerprint density at radius 1 is 1.21 bits per heavy atom. The Balaban J connectivity index is 0.000000170. The van der Waals surface area contributed by atoms with Gasteiger partial charge in [-0.1, -0.05) is 6.07 Å². The van der Waals surface area contributed by atoms with Gasteiger partial charge in [-0.2, -0.15) is 0 Å². The molecule has 0 bridgehead atoms. The van der Waals surface area contributed by atoms with E-state index in [9.17, 15) is 14.1 Å². The number of nitrogens with two attached hydrogens (primary N) is 1. The molecule has 2 aliphatic carbocycles. The standard InChI is InChI=1S/C13H16N2O.C7H12N2O2S2/c14-13(16)15-12-10-5-1-3-8(10)7-9-4-2-6-11(9)12;1-7(2,10)6-9-4-5(12-6)13(11)8-3/h7H,1-6H2,(H3,14,15,16);4,8,10H,1-3H3. The molecule has 0 saturated heterocycles. The Morgan fingerprint density at radius 2 is 1.79 bits per heavy atom. The zero-order valence-electron chi connectivity index (χ0n) is 17.0. The monoisotopic (exact) mass is 436 g/mol. The first-order chi connectivity index (χ1) is 13.7. The average molecular weight is 437 g/mol. The van der Waals surface area contributed by atoms with Gasteiger partial charge in [0, 0.05) is 5.69 Å². The topological polar surface area (TPSA) is 117 Å². The highest BCUT2D eigenvalue weighted by atomic mass is 32.2. The lowest BCUT2D eigenvalue weighted by molar-refractivity contribution is 0.0783. The van der Waals surface area contributed by atoms with Crippen molar-refractivity contribution in [3.63, 3.8) is 0 Å². The Morgan fingerprint density at radius 3 is 2.24 bits per heavy atom. The van der Waals surface area contributed by atoms with Gasteiger partial charge in [0.2, 0.25) is 0 Å². The molecule has 0 saturated carbocycles. The second kappa shape index (κ2) is 8.91. The summed E-state index contributed by atoms with van der Waals surface area (Å²) < 4.78 is 14.5. The van der Waals surface area contributed by atoms with E-state index in [4.69, 9.17) is 5.73 Å². The fraction of sp³-hybridized carbons (Fsp3) is 0.500. The summed E-state index contributed by atoms with van der Waals surface area (Å²) >= 11 is 1.25. The summed E-state index contributed by atoms with van der Waals surface area (Å²) in [4.78, 5) is 15.1. The zero-order chi connectivity index (χ0) is 21.2. The van der Waals surface area contributed by atoms with Gasteiger partial charge in [0.05, 0.1) is 6.20 Å². The third-order valence-electron chi connectivity index (χ3n) is 5.10. The lowest BCUT2D eigenvalue weighted by atomic mass is 9.99. The maximum absolute atomic E-state index is 11.2. The maximum Gasteiger partial charge on any atom is 0.316 e. The largest absolute Gasteiger partial charge is 0.383 e. The minimum atomic E-state index is -1.21. The third-order valence-corrected chi connectivity index (χ3v) is 7.75. The van der Waals surface area contributed by atoms with Crippen molar-refractivity contribution in [2.75, 3.05) is 12.4 Å². The highest BCUT2D eigenvalue weighted by molar-refractivity contribution is 7.85. The molecule has 1 atom stereocenters. The molecular formula is C20H28N4O3S2. The fourth-order valence-electron chi connectivity index (χ4n) is 3.82. The second-order valence-corrected chi connectivity index (χ2v) is 10.4. The molecule has 1 aromatic carbocycles. The van der Waals surface area contributed by atoms with E-state index in [0.29, 0.717) is 9.22 Å². The van der Waals surface area contributed by atoms with E-state index in [1.807, 2.05) is 0 Å². The molecule has 0 spiro atoms. The van der Waals surface area contributed by atoms with Gasteiger partial charge in [0.25, 0.3) is 0 Å². The number of anilines is 1. The molecular weight excluding hydrogens is 408 g/mol. The number of thiazole rings is 1. The van der Waals surface area contributed by atoms with Gasteiger partial charge in [0.15, 0.2) is 0 Å². The van der Waals surface area contributed by atoms with Crippen molar-refractivity contribution >= 4 is 34.0 Å². The number of carbonyl (C=O) groups is 1. The molecule has 2 aromatic rings. The number of hydrogen-bond donors (Lipinski definition) is 4. The normalized spacial score (nSPS) is 15.9. The summed E-state index contributed by atoms with van der Waals surface area (Å²) in [5.74, 6) is 0. The van der Waals surface area contributed by atoms with E-state index in [0.717, 1.165) is 31.4 Å². The van der Waals surface area contributed by atoms with E-state index < -0.39 is 22.6 Å². The highest BCUT2D eigenvalue weighted by Gasteiger charge is 2.24. The number of aromatic nitrogens is 1. The van der Waals surface area contributed by atoms with Crippen LogP contribution in [-0.4, -0.2) is 27.4 Å².